The van der Waals surface area contributed by atoms with Gasteiger partial charge in [-0.05, 0) is 51.0 Å². The number of hydrogen-bond donors (Lipinski definition) is 3. The van der Waals surface area contributed by atoms with E-state index >= 15 is 0 Å². The van der Waals surface area contributed by atoms with Crippen molar-refractivity contribution in [3.8, 4) is 0 Å². The van der Waals surface area contributed by atoms with Crippen LogP contribution in [0.3, 0.4) is 0 Å². The molecule has 0 heterocycles. The summed E-state index contributed by atoms with van der Waals surface area (Å²) in [5, 5.41) is 16.7. The lowest BCUT2D eigenvalue weighted by Crippen LogP contribution is -2.47. The summed E-state index contributed by atoms with van der Waals surface area (Å²) in [5.41, 5.74) is 0.702. The first-order valence-electron chi connectivity index (χ1n) is 12.7. The number of benzene rings is 1. The predicted octanol–water partition coefficient (Wildman–Crippen LogP) is 4.98. The van der Waals surface area contributed by atoms with Crippen LogP contribution in [0.2, 0.25) is 0 Å². The zero-order chi connectivity index (χ0) is 26.4. The van der Waals surface area contributed by atoms with E-state index in [0.29, 0.717) is 26.2 Å². The fourth-order valence-electron chi connectivity index (χ4n) is 3.52. The van der Waals surface area contributed by atoms with Gasteiger partial charge in [0.2, 0.25) is 5.91 Å². The monoisotopic (exact) mass is 490 g/mol. The maximum Gasteiger partial charge on any atom is 0.407 e. The van der Waals surface area contributed by atoms with Crippen LogP contribution in [0, 0.1) is 11.8 Å². The number of aliphatic hydroxyl groups excluding tert-OH is 1. The molecule has 3 N–H and O–H groups in total. The van der Waals surface area contributed by atoms with Crippen molar-refractivity contribution in [2.45, 2.75) is 91.6 Å². The lowest BCUT2D eigenvalue weighted by atomic mass is 9.86. The zero-order valence-corrected chi connectivity index (χ0v) is 22.4. The van der Waals surface area contributed by atoms with Crippen LogP contribution >= 0.6 is 0 Å². The van der Waals surface area contributed by atoms with Crippen LogP contribution in [0.1, 0.15) is 72.8 Å². The number of ether oxygens (including phenoxy) is 2. The van der Waals surface area contributed by atoms with Gasteiger partial charge in [0.15, 0.2) is 0 Å². The zero-order valence-electron chi connectivity index (χ0n) is 22.4. The molecular weight excluding hydrogens is 444 g/mol. The molecule has 0 aliphatic rings. The van der Waals surface area contributed by atoms with Crippen molar-refractivity contribution in [3.05, 3.63) is 48.0 Å². The van der Waals surface area contributed by atoms with E-state index in [1.54, 1.807) is 20.8 Å². The molecule has 198 valence electrons. The van der Waals surface area contributed by atoms with E-state index in [0.717, 1.165) is 18.4 Å². The third-order valence-electron chi connectivity index (χ3n) is 5.70. The number of alkyl carbamates (subject to hydrolysis) is 1. The second kappa shape index (κ2) is 15.6. The van der Waals surface area contributed by atoms with Gasteiger partial charge in [-0.2, -0.15) is 0 Å². The van der Waals surface area contributed by atoms with Gasteiger partial charge in [-0.25, -0.2) is 4.79 Å². The Morgan fingerprint density at radius 1 is 1.14 bits per heavy atom. The number of carbonyl (C=O) groups is 2. The van der Waals surface area contributed by atoms with Crippen molar-refractivity contribution in [2.75, 3.05) is 13.2 Å². The normalized spacial score (nSPS) is 14.2. The minimum Gasteiger partial charge on any atom is -0.444 e. The van der Waals surface area contributed by atoms with Crippen LogP contribution in [0.15, 0.2) is 42.5 Å². The van der Waals surface area contributed by atoms with Gasteiger partial charge in [0, 0.05) is 18.5 Å². The molecule has 0 aromatic heterocycles. The van der Waals surface area contributed by atoms with E-state index in [1.165, 1.54) is 0 Å². The lowest BCUT2D eigenvalue weighted by Gasteiger charge is -2.31. The largest absolute Gasteiger partial charge is 0.444 e. The number of carbonyl (C=O) groups excluding carboxylic acids is 2. The van der Waals surface area contributed by atoms with Crippen LogP contribution < -0.4 is 10.6 Å². The van der Waals surface area contributed by atoms with Crippen molar-refractivity contribution >= 4 is 12.0 Å². The number of rotatable bonds is 15. The maximum absolute atomic E-state index is 12.5. The molecule has 3 atom stereocenters. The molecule has 0 aliphatic heterocycles. The molecule has 0 bridgehead atoms. The minimum atomic E-state index is -0.998. The summed E-state index contributed by atoms with van der Waals surface area (Å²) in [4.78, 5) is 24.9. The topological polar surface area (TPSA) is 96.9 Å². The highest BCUT2D eigenvalue weighted by Gasteiger charge is 2.30. The van der Waals surface area contributed by atoms with E-state index in [4.69, 9.17) is 9.47 Å². The molecule has 0 saturated heterocycles. The Kier molecular flexibility index (Phi) is 13.6. The van der Waals surface area contributed by atoms with Gasteiger partial charge < -0.3 is 25.2 Å². The summed E-state index contributed by atoms with van der Waals surface area (Å²) in [7, 11) is 0. The average molecular weight is 491 g/mol. The third-order valence-corrected chi connectivity index (χ3v) is 5.70. The molecule has 7 heteroatoms. The summed E-state index contributed by atoms with van der Waals surface area (Å²) in [5.74, 6) is 0.0431. The van der Waals surface area contributed by atoms with Gasteiger partial charge in [-0.1, -0.05) is 64.1 Å². The van der Waals surface area contributed by atoms with Crippen molar-refractivity contribution in [2.24, 2.45) is 11.8 Å². The van der Waals surface area contributed by atoms with Crippen molar-refractivity contribution < 1.29 is 24.2 Å². The molecule has 0 aliphatic carbocycles. The van der Waals surface area contributed by atoms with Crippen molar-refractivity contribution in [3.63, 3.8) is 0 Å². The van der Waals surface area contributed by atoms with Crippen LogP contribution in [0.5, 0.6) is 0 Å². The summed E-state index contributed by atoms with van der Waals surface area (Å²) < 4.78 is 11.4. The smallest absolute Gasteiger partial charge is 0.407 e. The van der Waals surface area contributed by atoms with E-state index in [1.807, 2.05) is 37.3 Å². The summed E-state index contributed by atoms with van der Waals surface area (Å²) in [6, 6.07) is 9.31. The molecule has 35 heavy (non-hydrogen) atoms. The van der Waals surface area contributed by atoms with Gasteiger partial charge in [0.05, 0.1) is 25.4 Å². The molecule has 1 rings (SSSR count). The van der Waals surface area contributed by atoms with E-state index < -0.39 is 23.8 Å². The molecule has 0 spiro atoms. The molecule has 7 nitrogen and oxygen atoms in total. The Morgan fingerprint density at radius 3 is 2.37 bits per heavy atom. The fraction of sp³-hybridized carbons (Fsp3) is 0.643. The molecular formula is C28H46N2O5. The Morgan fingerprint density at radius 2 is 1.80 bits per heavy atom. The Hall–Kier alpha value is -2.38. The summed E-state index contributed by atoms with van der Waals surface area (Å²) in [6.07, 6.45) is 0.768. The van der Waals surface area contributed by atoms with Gasteiger partial charge in [0.1, 0.15) is 5.60 Å². The maximum atomic E-state index is 12.5. The average Bonchev–Trinajstić information content (AvgIpc) is 2.77. The van der Waals surface area contributed by atoms with Crippen molar-refractivity contribution in [1.29, 1.82) is 0 Å². The predicted molar refractivity (Wildman–Crippen MR) is 140 cm³/mol. The first-order valence-corrected chi connectivity index (χ1v) is 12.7. The summed E-state index contributed by atoms with van der Waals surface area (Å²) >= 11 is 0. The first-order chi connectivity index (χ1) is 16.4. The lowest BCUT2D eigenvalue weighted by molar-refractivity contribution is -0.117. The van der Waals surface area contributed by atoms with E-state index in [-0.39, 0.29) is 29.7 Å². The highest BCUT2D eigenvalue weighted by molar-refractivity contribution is 5.92. The SMILES string of the molecule is C=C(C[C@H](O)[C@H](C[C@@H](COCc1ccccc1)C(C)C)NC(=O)OC(C)(C)C)C(=O)NCCCC. The van der Waals surface area contributed by atoms with Crippen molar-refractivity contribution in [1.82, 2.24) is 10.6 Å². The second-order valence-corrected chi connectivity index (χ2v) is 10.5. The second-order valence-electron chi connectivity index (χ2n) is 10.5. The number of nitrogens with one attached hydrogen (secondary N) is 2. The highest BCUT2D eigenvalue weighted by atomic mass is 16.6. The molecule has 0 radical (unpaired) electrons. The minimum absolute atomic E-state index is 0.0497. The quantitative estimate of drug-likeness (QED) is 0.238. The van der Waals surface area contributed by atoms with Crippen LogP contribution in [0.4, 0.5) is 4.79 Å². The molecule has 0 saturated carbocycles. The van der Waals surface area contributed by atoms with Gasteiger partial charge >= 0.3 is 6.09 Å². The number of amides is 2. The van der Waals surface area contributed by atoms with Gasteiger partial charge in [-0.3, -0.25) is 4.79 Å². The van der Waals surface area contributed by atoms with Crippen LogP contribution in [-0.2, 0) is 20.9 Å². The first kappa shape index (κ1) is 30.7. The molecule has 0 fully saturated rings. The highest BCUT2D eigenvalue weighted by Crippen LogP contribution is 2.22. The standard InChI is InChI=1S/C28H46N2O5/c1-8-9-15-29-26(32)21(4)16-25(31)24(30-27(33)35-28(5,6)7)17-23(20(2)3)19-34-18-22-13-11-10-12-14-22/h10-14,20,23-25,31H,4,8-9,15-19H2,1-3,5-7H3,(H,29,32)(H,30,33)/t23-,24-,25-/m0/s1. The van der Waals surface area contributed by atoms with Gasteiger partial charge in [-0.15, -0.1) is 0 Å². The fourth-order valence-corrected chi connectivity index (χ4v) is 3.52. The Balaban J connectivity index is 2.85. The van der Waals surface area contributed by atoms with E-state index in [9.17, 15) is 14.7 Å². The van der Waals surface area contributed by atoms with E-state index in [2.05, 4.69) is 31.1 Å². The third kappa shape index (κ3) is 13.3. The molecule has 1 aromatic carbocycles. The molecule has 1 aromatic rings. The Labute approximate surface area is 211 Å². The Bertz CT molecular complexity index is 773. The van der Waals surface area contributed by atoms with Gasteiger partial charge in [0.25, 0.3) is 0 Å². The molecule has 0 unspecified atom stereocenters. The number of aliphatic hydroxyl groups is 1. The summed E-state index contributed by atoms with van der Waals surface area (Å²) in [6.45, 7) is 17.0. The van der Waals surface area contributed by atoms with Crippen LogP contribution in [-0.4, -0.2) is 48.0 Å². The number of hydrogen-bond acceptors (Lipinski definition) is 5. The van der Waals surface area contributed by atoms with Crippen LogP contribution in [0.25, 0.3) is 0 Å². The molecule has 2 amide bonds. The number of unbranched alkanes of at least 4 members (excludes halogenated alkanes) is 1.